The van der Waals surface area contributed by atoms with Gasteiger partial charge in [-0.25, -0.2) is 0 Å². The maximum atomic E-state index is 13.8. The second-order valence-electron chi connectivity index (χ2n) is 9.65. The van der Waals surface area contributed by atoms with Gasteiger partial charge < -0.3 is 24.4 Å². The number of ether oxygens (including phenoxy) is 3. The van der Waals surface area contributed by atoms with E-state index in [0.29, 0.717) is 28.7 Å². The molecule has 0 unspecified atom stereocenters. The number of carbonyl (C=O) groups excluding carboxylic acids is 2. The summed E-state index contributed by atoms with van der Waals surface area (Å²) in [5, 5.41) is 3.73. The molecule has 3 aromatic rings. The van der Waals surface area contributed by atoms with Gasteiger partial charge in [-0.3, -0.25) is 9.59 Å². The molecule has 0 heterocycles. The normalized spacial score (nSPS) is 13.9. The minimum absolute atomic E-state index is 0.119. The van der Waals surface area contributed by atoms with Crippen molar-refractivity contribution in [1.82, 2.24) is 10.2 Å². The quantitative estimate of drug-likeness (QED) is 0.325. The summed E-state index contributed by atoms with van der Waals surface area (Å²) in [4.78, 5) is 29.2. The predicted molar refractivity (Wildman–Crippen MR) is 151 cm³/mol. The van der Waals surface area contributed by atoms with Gasteiger partial charge in [0.1, 0.15) is 23.3 Å². The number of hydrogen-bond donors (Lipinski definition) is 1. The van der Waals surface area contributed by atoms with Gasteiger partial charge in [0.05, 0.1) is 14.2 Å². The first-order valence-electron chi connectivity index (χ1n) is 13.2. The molecule has 0 spiro atoms. The molecule has 0 aliphatic heterocycles. The van der Waals surface area contributed by atoms with Crippen LogP contribution in [-0.4, -0.2) is 49.6 Å². The molecule has 1 fully saturated rings. The van der Waals surface area contributed by atoms with Crippen LogP contribution in [0.2, 0.25) is 5.02 Å². The first-order valence-corrected chi connectivity index (χ1v) is 13.6. The van der Waals surface area contributed by atoms with Gasteiger partial charge >= 0.3 is 0 Å². The lowest BCUT2D eigenvalue weighted by atomic mass is 10.0. The molecule has 39 heavy (non-hydrogen) atoms. The molecule has 2 amide bonds. The van der Waals surface area contributed by atoms with Gasteiger partial charge in [-0.15, -0.1) is 0 Å². The molecule has 0 radical (unpaired) electrons. The van der Waals surface area contributed by atoms with Gasteiger partial charge in [0.25, 0.3) is 5.91 Å². The van der Waals surface area contributed by atoms with E-state index in [1.165, 1.54) is 0 Å². The lowest BCUT2D eigenvalue weighted by Gasteiger charge is -2.32. The molecule has 0 saturated heterocycles. The molecule has 1 N–H and O–H groups in total. The SMILES string of the molecule is COc1cc(OC)cc(OCC(=O)N(Cc2ccccc2Cl)[C@@H](Cc2ccccc2)C(=O)NC2CCCC2)c1. The Bertz CT molecular complexity index is 1220. The highest BCUT2D eigenvalue weighted by Gasteiger charge is 2.32. The van der Waals surface area contributed by atoms with Crippen molar-refractivity contribution in [2.24, 2.45) is 0 Å². The standard InChI is InChI=1S/C31H35ClN2O5/c1-37-25-17-26(38-2)19-27(18-25)39-21-30(35)34(20-23-12-6-9-15-28(23)32)29(16-22-10-4-3-5-11-22)31(36)33-24-13-7-8-14-24/h3-6,9-12,15,17-19,24,29H,7-8,13-14,16,20-21H2,1-2H3,(H,33,36)/t29-/m0/s1. The van der Waals surface area contributed by atoms with E-state index in [-0.39, 0.29) is 31.0 Å². The fourth-order valence-electron chi connectivity index (χ4n) is 4.82. The summed E-state index contributed by atoms with van der Waals surface area (Å²) in [6.07, 6.45) is 4.44. The third-order valence-corrected chi connectivity index (χ3v) is 7.33. The number of nitrogens with one attached hydrogen (secondary N) is 1. The summed E-state index contributed by atoms with van der Waals surface area (Å²) in [7, 11) is 3.10. The molecule has 3 aromatic carbocycles. The number of hydrogen-bond acceptors (Lipinski definition) is 5. The average molecular weight is 551 g/mol. The number of amides is 2. The maximum absolute atomic E-state index is 13.8. The third kappa shape index (κ3) is 7.90. The lowest BCUT2D eigenvalue weighted by molar-refractivity contribution is -0.143. The molecule has 7 nitrogen and oxygen atoms in total. The van der Waals surface area contributed by atoms with Crippen LogP contribution in [0.5, 0.6) is 17.2 Å². The van der Waals surface area contributed by atoms with Crippen molar-refractivity contribution in [1.29, 1.82) is 0 Å². The molecule has 8 heteroatoms. The Hall–Kier alpha value is -3.71. The smallest absolute Gasteiger partial charge is 0.261 e. The van der Waals surface area contributed by atoms with Crippen LogP contribution in [0.25, 0.3) is 0 Å². The molecule has 1 aliphatic rings. The number of methoxy groups -OCH3 is 2. The summed E-state index contributed by atoms with van der Waals surface area (Å²) >= 11 is 6.50. The number of halogens is 1. The Morgan fingerprint density at radius 3 is 2.18 bits per heavy atom. The largest absolute Gasteiger partial charge is 0.496 e. The molecule has 206 valence electrons. The highest BCUT2D eigenvalue weighted by atomic mass is 35.5. The molecular formula is C31H35ClN2O5. The Balaban J connectivity index is 1.63. The van der Waals surface area contributed by atoms with Crippen molar-refractivity contribution >= 4 is 23.4 Å². The van der Waals surface area contributed by atoms with E-state index in [1.807, 2.05) is 48.5 Å². The van der Waals surface area contributed by atoms with Gasteiger partial charge in [0.2, 0.25) is 5.91 Å². The fourth-order valence-corrected chi connectivity index (χ4v) is 5.02. The number of carbonyl (C=O) groups is 2. The first kappa shape index (κ1) is 28.3. The predicted octanol–water partition coefficient (Wildman–Crippen LogP) is 5.43. The third-order valence-electron chi connectivity index (χ3n) is 6.96. The Morgan fingerprint density at radius 2 is 1.54 bits per heavy atom. The summed E-state index contributed by atoms with van der Waals surface area (Å²) in [6, 6.07) is 21.5. The zero-order chi connectivity index (χ0) is 27.6. The van der Waals surface area contributed by atoms with E-state index in [1.54, 1.807) is 43.4 Å². The van der Waals surface area contributed by atoms with Crippen molar-refractivity contribution in [2.75, 3.05) is 20.8 Å². The minimum Gasteiger partial charge on any atom is -0.496 e. The van der Waals surface area contributed by atoms with Crippen molar-refractivity contribution in [3.63, 3.8) is 0 Å². The molecule has 1 saturated carbocycles. The molecular weight excluding hydrogens is 516 g/mol. The van der Waals surface area contributed by atoms with Crippen LogP contribution in [0.3, 0.4) is 0 Å². The van der Waals surface area contributed by atoms with Gasteiger partial charge in [-0.2, -0.15) is 0 Å². The summed E-state index contributed by atoms with van der Waals surface area (Å²) in [6.45, 7) is -0.109. The van der Waals surface area contributed by atoms with E-state index < -0.39 is 6.04 Å². The van der Waals surface area contributed by atoms with Crippen LogP contribution in [0.15, 0.2) is 72.8 Å². The van der Waals surface area contributed by atoms with Crippen LogP contribution >= 0.6 is 11.6 Å². The number of nitrogens with zero attached hydrogens (tertiary/aromatic N) is 1. The second kappa shape index (κ2) is 13.9. The van der Waals surface area contributed by atoms with Crippen molar-refractivity contribution in [3.05, 3.63) is 88.9 Å². The Kier molecular flexibility index (Phi) is 10.1. The molecule has 0 aromatic heterocycles. The van der Waals surface area contributed by atoms with Gasteiger partial charge in [0, 0.05) is 42.2 Å². The van der Waals surface area contributed by atoms with E-state index in [9.17, 15) is 9.59 Å². The summed E-state index contributed by atoms with van der Waals surface area (Å²) in [5.74, 6) is 1.01. The van der Waals surface area contributed by atoms with Crippen molar-refractivity contribution in [2.45, 2.75) is 50.7 Å². The Labute approximate surface area is 235 Å². The van der Waals surface area contributed by atoms with E-state index in [4.69, 9.17) is 25.8 Å². The van der Waals surface area contributed by atoms with E-state index in [0.717, 1.165) is 36.8 Å². The number of benzene rings is 3. The lowest BCUT2D eigenvalue weighted by Crippen LogP contribution is -2.53. The van der Waals surface area contributed by atoms with Crippen LogP contribution < -0.4 is 19.5 Å². The van der Waals surface area contributed by atoms with Crippen LogP contribution in [0, 0.1) is 0 Å². The molecule has 1 aliphatic carbocycles. The number of rotatable bonds is 12. The topological polar surface area (TPSA) is 77.1 Å². The fraction of sp³-hybridized carbons (Fsp3) is 0.355. The van der Waals surface area contributed by atoms with Gasteiger partial charge in [-0.05, 0) is 30.0 Å². The highest BCUT2D eigenvalue weighted by molar-refractivity contribution is 6.31. The summed E-state index contributed by atoms with van der Waals surface area (Å²) in [5.41, 5.74) is 1.71. The molecule has 4 rings (SSSR count). The maximum Gasteiger partial charge on any atom is 0.261 e. The van der Waals surface area contributed by atoms with E-state index >= 15 is 0 Å². The zero-order valence-electron chi connectivity index (χ0n) is 22.4. The van der Waals surface area contributed by atoms with Crippen molar-refractivity contribution < 1.29 is 23.8 Å². The highest BCUT2D eigenvalue weighted by Crippen LogP contribution is 2.28. The average Bonchev–Trinajstić information content (AvgIpc) is 3.47. The zero-order valence-corrected chi connectivity index (χ0v) is 23.2. The van der Waals surface area contributed by atoms with Gasteiger partial charge in [0.15, 0.2) is 6.61 Å². The van der Waals surface area contributed by atoms with Crippen LogP contribution in [-0.2, 0) is 22.6 Å². The first-order chi connectivity index (χ1) is 19.0. The minimum atomic E-state index is -0.750. The van der Waals surface area contributed by atoms with Crippen LogP contribution in [0.1, 0.15) is 36.8 Å². The molecule has 1 atom stereocenters. The summed E-state index contributed by atoms with van der Waals surface area (Å²) < 4.78 is 16.5. The van der Waals surface area contributed by atoms with Gasteiger partial charge in [-0.1, -0.05) is 73.0 Å². The Morgan fingerprint density at radius 1 is 0.923 bits per heavy atom. The van der Waals surface area contributed by atoms with Crippen LogP contribution in [0.4, 0.5) is 0 Å². The molecule has 0 bridgehead atoms. The monoisotopic (exact) mass is 550 g/mol. The second-order valence-corrected chi connectivity index (χ2v) is 10.1. The van der Waals surface area contributed by atoms with E-state index in [2.05, 4.69) is 5.32 Å². The van der Waals surface area contributed by atoms with Crippen molar-refractivity contribution in [3.8, 4) is 17.2 Å².